The summed E-state index contributed by atoms with van der Waals surface area (Å²) in [4.78, 5) is 98.5. The SMILES string of the molecule is C/C(=C\CN(C)C(=O)C(NC(=O)C(N(C)C(=O)OC(C)(C)C)C(C)(C)c1ccccc1)C(C)(C)C)C(=O)NSc1ccc(CNC(=O)CNC(=O)C(Cc2ccccc2)NC(=O)OCC2c3ccccc3-c3ccccc32)cc1. The van der Waals surface area contributed by atoms with E-state index in [1.54, 1.807) is 65.1 Å². The zero-order valence-electron chi connectivity index (χ0n) is 47.1. The van der Waals surface area contributed by atoms with Crippen molar-refractivity contribution in [2.75, 3.05) is 33.8 Å². The first kappa shape index (κ1) is 60.3. The molecule has 0 spiro atoms. The molecule has 0 aromatic heterocycles. The van der Waals surface area contributed by atoms with Crippen molar-refractivity contribution in [3.05, 3.63) is 173 Å². The van der Waals surface area contributed by atoms with Crippen molar-refractivity contribution in [2.45, 2.75) is 115 Å². The average Bonchev–Trinajstić information content (AvgIpc) is 3.79. The first-order valence-corrected chi connectivity index (χ1v) is 27.1. The fourth-order valence-corrected chi connectivity index (χ4v) is 9.90. The number of likely N-dealkylation sites (N-methyl/N-ethyl adjacent to an activating group) is 2. The summed E-state index contributed by atoms with van der Waals surface area (Å²) in [5.41, 5.74) is 4.62. The van der Waals surface area contributed by atoms with Gasteiger partial charge in [-0.15, -0.1) is 0 Å². The lowest BCUT2D eigenvalue weighted by Crippen LogP contribution is -2.62. The van der Waals surface area contributed by atoms with E-state index in [0.29, 0.717) is 5.57 Å². The maximum Gasteiger partial charge on any atom is 0.410 e. The molecule has 0 bridgehead atoms. The van der Waals surface area contributed by atoms with Gasteiger partial charge in [0.2, 0.25) is 23.6 Å². The van der Waals surface area contributed by atoms with Gasteiger partial charge in [0.1, 0.15) is 30.3 Å². The maximum absolute atomic E-state index is 14.5. The average molecular weight is 1090 g/mol. The van der Waals surface area contributed by atoms with E-state index in [4.69, 9.17) is 9.47 Å². The van der Waals surface area contributed by atoms with Crippen LogP contribution in [0.4, 0.5) is 9.59 Å². The van der Waals surface area contributed by atoms with E-state index >= 15 is 0 Å². The van der Waals surface area contributed by atoms with Crippen molar-refractivity contribution in [2.24, 2.45) is 5.41 Å². The van der Waals surface area contributed by atoms with Gasteiger partial charge in [0, 0.05) is 55.4 Å². The number of rotatable bonds is 21. The topological polar surface area (TPSA) is 205 Å². The molecule has 1 aliphatic carbocycles. The second kappa shape index (κ2) is 26.6. The monoisotopic (exact) mass is 1090 g/mol. The second-order valence-electron chi connectivity index (χ2n) is 22.4. The number of nitrogens with one attached hydrogen (secondary N) is 5. The number of hydrogen-bond acceptors (Lipinski definition) is 10. The first-order valence-electron chi connectivity index (χ1n) is 26.3. The fraction of sp³-hybridized carbons (Fsp3) is 0.371. The van der Waals surface area contributed by atoms with Crippen molar-refractivity contribution >= 4 is 53.7 Å². The Kier molecular flexibility index (Phi) is 20.3. The maximum atomic E-state index is 14.5. The number of carbonyl (C=O) groups is 7. The molecule has 0 radical (unpaired) electrons. The highest BCUT2D eigenvalue weighted by Gasteiger charge is 2.45. The molecule has 5 aromatic carbocycles. The number of ether oxygens (including phenoxy) is 2. The third kappa shape index (κ3) is 16.6. The van der Waals surface area contributed by atoms with Gasteiger partial charge in [0.25, 0.3) is 5.91 Å². The minimum Gasteiger partial charge on any atom is -0.449 e. The van der Waals surface area contributed by atoms with Crippen LogP contribution in [0.15, 0.2) is 150 Å². The van der Waals surface area contributed by atoms with E-state index in [2.05, 4.69) is 38.1 Å². The molecule has 5 N–H and O–H groups in total. The minimum atomic E-state index is -1.07. The van der Waals surface area contributed by atoms with Gasteiger partial charge in [-0.2, -0.15) is 0 Å². The summed E-state index contributed by atoms with van der Waals surface area (Å²) in [6, 6.07) is 38.8. The predicted molar refractivity (Wildman–Crippen MR) is 307 cm³/mol. The predicted octanol–water partition coefficient (Wildman–Crippen LogP) is 8.84. The number of nitrogens with zero attached hydrogens (tertiary/aromatic N) is 2. The van der Waals surface area contributed by atoms with Crippen molar-refractivity contribution in [1.29, 1.82) is 0 Å². The summed E-state index contributed by atoms with van der Waals surface area (Å²) in [7, 11) is 3.12. The van der Waals surface area contributed by atoms with Gasteiger partial charge >= 0.3 is 12.2 Å². The van der Waals surface area contributed by atoms with Crippen molar-refractivity contribution in [3.63, 3.8) is 0 Å². The van der Waals surface area contributed by atoms with E-state index < -0.39 is 64.5 Å². The normalized spacial score (nSPS) is 13.5. The zero-order chi connectivity index (χ0) is 57.7. The largest absolute Gasteiger partial charge is 0.449 e. The van der Waals surface area contributed by atoms with Gasteiger partial charge in [-0.3, -0.25) is 33.6 Å². The van der Waals surface area contributed by atoms with E-state index in [-0.39, 0.29) is 50.4 Å². The van der Waals surface area contributed by atoms with Crippen LogP contribution in [0, 0.1) is 5.41 Å². The van der Waals surface area contributed by atoms with Crippen LogP contribution >= 0.6 is 11.9 Å². The summed E-state index contributed by atoms with van der Waals surface area (Å²) in [5, 5.41) is 11.2. The van der Waals surface area contributed by atoms with Crippen LogP contribution in [-0.2, 0) is 51.8 Å². The van der Waals surface area contributed by atoms with Crippen molar-refractivity contribution in [1.82, 2.24) is 35.8 Å². The van der Waals surface area contributed by atoms with E-state index in [0.717, 1.165) is 55.8 Å². The molecule has 79 heavy (non-hydrogen) atoms. The molecule has 1 aliphatic rings. The van der Waals surface area contributed by atoms with Crippen LogP contribution in [0.25, 0.3) is 11.1 Å². The Balaban J connectivity index is 0.969. The number of hydrogen-bond donors (Lipinski definition) is 5. The Morgan fingerprint density at radius 1 is 0.671 bits per heavy atom. The van der Waals surface area contributed by atoms with Crippen molar-refractivity contribution < 1.29 is 43.0 Å². The smallest absolute Gasteiger partial charge is 0.410 e. The summed E-state index contributed by atoms with van der Waals surface area (Å²) in [6.45, 7) is 16.2. The van der Waals surface area contributed by atoms with Crippen molar-refractivity contribution in [3.8, 4) is 11.1 Å². The lowest BCUT2D eigenvalue weighted by Gasteiger charge is -2.42. The van der Waals surface area contributed by atoms with Crippen LogP contribution in [0.1, 0.15) is 96.0 Å². The molecule has 3 unspecified atom stereocenters. The number of benzene rings is 5. The number of alkyl carbamates (subject to hydrolysis) is 1. The lowest BCUT2D eigenvalue weighted by molar-refractivity contribution is -0.140. The van der Waals surface area contributed by atoms with Crippen LogP contribution < -0.4 is 26.0 Å². The highest BCUT2D eigenvalue weighted by Crippen LogP contribution is 2.44. The van der Waals surface area contributed by atoms with Gasteiger partial charge in [0.15, 0.2) is 0 Å². The second-order valence-corrected chi connectivity index (χ2v) is 23.3. The molecule has 0 saturated carbocycles. The third-order valence-electron chi connectivity index (χ3n) is 13.7. The lowest BCUT2D eigenvalue weighted by atomic mass is 9.76. The molecular weight excluding hydrogens is 1020 g/mol. The van der Waals surface area contributed by atoms with Crippen LogP contribution in [0.3, 0.4) is 0 Å². The molecule has 6 rings (SSSR count). The summed E-state index contributed by atoms with van der Waals surface area (Å²) in [5.74, 6) is -2.42. The molecule has 17 heteroatoms. The Labute approximate surface area is 469 Å². The highest BCUT2D eigenvalue weighted by atomic mass is 32.2. The Morgan fingerprint density at radius 3 is 1.82 bits per heavy atom. The molecule has 5 aromatic rings. The summed E-state index contributed by atoms with van der Waals surface area (Å²) >= 11 is 1.10. The van der Waals surface area contributed by atoms with E-state index in [1.807, 2.05) is 132 Å². The van der Waals surface area contributed by atoms with Gasteiger partial charge < -0.3 is 35.6 Å². The van der Waals surface area contributed by atoms with E-state index in [9.17, 15) is 33.6 Å². The van der Waals surface area contributed by atoms with Gasteiger partial charge in [-0.05, 0) is 96.1 Å². The fourth-order valence-electron chi connectivity index (χ4n) is 9.26. The zero-order valence-corrected chi connectivity index (χ0v) is 47.9. The summed E-state index contributed by atoms with van der Waals surface area (Å²) in [6.07, 6.45) is 0.377. The van der Waals surface area contributed by atoms with E-state index in [1.165, 1.54) is 16.8 Å². The number of fused-ring (bicyclic) bond motifs is 3. The minimum absolute atomic E-state index is 0.0680. The Bertz CT molecular complexity index is 2940. The number of amides is 7. The van der Waals surface area contributed by atoms with Gasteiger partial charge in [-0.25, -0.2) is 9.59 Å². The van der Waals surface area contributed by atoms with Crippen LogP contribution in [-0.4, -0.2) is 109 Å². The van der Waals surface area contributed by atoms with Crippen LogP contribution in [0.5, 0.6) is 0 Å². The molecule has 0 heterocycles. The number of carbonyl (C=O) groups excluding carboxylic acids is 7. The molecule has 7 amide bonds. The quantitative estimate of drug-likeness (QED) is 0.0349. The molecule has 16 nitrogen and oxygen atoms in total. The molecule has 0 fully saturated rings. The molecule has 0 saturated heterocycles. The standard InChI is InChI=1S/C62H75N7O9S/c1-40(34-35-68(10)57(74)52(60(2,3)4)66-56(73)53(69(11)59(76)78-61(5,6)7)62(8,9)43-24-16-13-17-25-43)54(71)67-79-44-32-30-42(31-33-44)37-63-51(70)38-64-55(72)50(36-41-22-14-12-15-23-41)65-58(75)77-39-49-47-28-20-18-26-45(47)46-27-19-21-29-48(46)49/h12-34,49-50,52-53H,35-39H2,1-11H3,(H,63,70)(H,64,72)(H,65,75)(H,66,73)(H,67,71)/b40-34+. The third-order valence-corrected chi connectivity index (χ3v) is 14.5. The molecule has 418 valence electrons. The first-order chi connectivity index (χ1) is 37.3. The van der Waals surface area contributed by atoms with Gasteiger partial charge in [0.05, 0.1) is 6.54 Å². The molecule has 3 atom stereocenters. The summed E-state index contributed by atoms with van der Waals surface area (Å²) < 4.78 is 14.2. The Hall–Kier alpha value is -7.92. The molecule has 0 aliphatic heterocycles. The Morgan fingerprint density at radius 2 is 1.24 bits per heavy atom. The van der Waals surface area contributed by atoms with Crippen LogP contribution in [0.2, 0.25) is 0 Å². The highest BCUT2D eigenvalue weighted by molar-refractivity contribution is 7.98. The molecular formula is C62H75N7O9S. The van der Waals surface area contributed by atoms with Gasteiger partial charge in [-0.1, -0.05) is 162 Å².